The third-order valence-corrected chi connectivity index (χ3v) is 5.73. The van der Waals surface area contributed by atoms with Crippen molar-refractivity contribution in [1.82, 2.24) is 4.90 Å². The fourth-order valence-corrected chi connectivity index (χ4v) is 3.79. The maximum Gasteiger partial charge on any atom is 0.264 e. The first-order valence-corrected chi connectivity index (χ1v) is 8.09. The van der Waals surface area contributed by atoms with Gasteiger partial charge in [0.25, 0.3) is 5.91 Å². The zero-order valence-electron chi connectivity index (χ0n) is 10.9. The topological polar surface area (TPSA) is 44.7 Å². The molecular weight excluding hydrogens is 353 g/mol. The molecule has 0 fully saturated rings. The van der Waals surface area contributed by atoms with Crippen molar-refractivity contribution >= 4 is 63.3 Å². The largest absolute Gasteiger partial charge is 0.322 e. The number of benzene rings is 1. The van der Waals surface area contributed by atoms with E-state index in [1.54, 1.807) is 12.1 Å². The summed E-state index contributed by atoms with van der Waals surface area (Å²) in [4.78, 5) is 19.4. The van der Waals surface area contributed by atoms with E-state index in [1.165, 1.54) is 11.8 Å². The lowest BCUT2D eigenvalue weighted by Crippen LogP contribution is -2.20. The minimum Gasteiger partial charge on any atom is -0.322 e. The molecule has 0 saturated heterocycles. The summed E-state index contributed by atoms with van der Waals surface area (Å²) in [5.74, 6) is -0.227. The average molecular weight is 363 g/mol. The van der Waals surface area contributed by atoms with Crippen molar-refractivity contribution in [3.8, 4) is 0 Å². The van der Waals surface area contributed by atoms with Crippen LogP contribution >= 0.6 is 46.6 Å². The van der Waals surface area contributed by atoms with Crippen LogP contribution in [-0.2, 0) is 4.79 Å². The van der Waals surface area contributed by atoms with Crippen LogP contribution < -0.4 is 5.32 Å². The van der Waals surface area contributed by atoms with Crippen LogP contribution in [0.2, 0.25) is 15.1 Å². The summed E-state index contributed by atoms with van der Waals surface area (Å²) in [6.45, 7) is 3.50. The molecule has 0 spiro atoms. The molecule has 2 heterocycles. The third-order valence-electron chi connectivity index (χ3n) is 3.22. The summed E-state index contributed by atoms with van der Waals surface area (Å²) < 4.78 is 0. The number of allylic oxidation sites excluding steroid dienone is 1. The van der Waals surface area contributed by atoms with Crippen molar-refractivity contribution in [1.29, 1.82) is 0 Å². The lowest BCUT2D eigenvalue weighted by molar-refractivity contribution is -0.112. The molecule has 1 aromatic rings. The van der Waals surface area contributed by atoms with Crippen LogP contribution in [0.15, 0.2) is 27.7 Å². The molecule has 4 nitrogen and oxygen atoms in total. The van der Waals surface area contributed by atoms with Crippen molar-refractivity contribution in [2.75, 3.05) is 18.4 Å². The molecule has 0 radical (unpaired) electrons. The van der Waals surface area contributed by atoms with Gasteiger partial charge in [-0.1, -0.05) is 34.8 Å². The lowest BCUT2D eigenvalue weighted by Gasteiger charge is -2.12. The first-order chi connectivity index (χ1) is 9.99. The van der Waals surface area contributed by atoms with E-state index >= 15 is 0 Å². The highest BCUT2D eigenvalue weighted by molar-refractivity contribution is 8.18. The molecule has 0 aliphatic carbocycles. The molecule has 0 atom stereocenters. The smallest absolute Gasteiger partial charge is 0.264 e. The van der Waals surface area contributed by atoms with Gasteiger partial charge >= 0.3 is 0 Å². The average Bonchev–Trinajstić information content (AvgIpc) is 3.03. The zero-order chi connectivity index (χ0) is 15.1. The van der Waals surface area contributed by atoms with Crippen LogP contribution in [0, 0.1) is 0 Å². The second-order valence-corrected chi connectivity index (χ2v) is 6.65. The Balaban J connectivity index is 1.83. The number of halogens is 3. The summed E-state index contributed by atoms with van der Waals surface area (Å²) in [6, 6.07) is 3.22. The Labute approximate surface area is 141 Å². The van der Waals surface area contributed by atoms with Crippen LogP contribution in [-0.4, -0.2) is 29.1 Å². The molecule has 1 N–H and O–H groups in total. The van der Waals surface area contributed by atoms with Crippen molar-refractivity contribution in [2.45, 2.75) is 6.92 Å². The van der Waals surface area contributed by atoms with Gasteiger partial charge in [0, 0.05) is 12.2 Å². The fraction of sp³-hybridized carbons (Fsp3) is 0.231. The Morgan fingerprint density at radius 1 is 1.33 bits per heavy atom. The van der Waals surface area contributed by atoms with Gasteiger partial charge < -0.3 is 10.2 Å². The van der Waals surface area contributed by atoms with Crippen molar-refractivity contribution in [3.05, 3.63) is 37.8 Å². The number of amides is 1. The number of rotatable bonds is 2. The molecule has 21 heavy (non-hydrogen) atoms. The van der Waals surface area contributed by atoms with Gasteiger partial charge in [-0.25, -0.2) is 0 Å². The highest BCUT2D eigenvalue weighted by Crippen LogP contribution is 2.39. The Kier molecular flexibility index (Phi) is 4.10. The highest BCUT2D eigenvalue weighted by atomic mass is 35.5. The minimum absolute atomic E-state index is 0.227. The molecule has 110 valence electrons. The standard InChI is InChI=1S/C13H10Cl3N3OS/c1-6-11(21-13-17-4-5-19(6)13)12(20)18-8-3-2-7(14)9(15)10(8)16/h2-3H,4-5H2,1H3,(H,18,20). The van der Waals surface area contributed by atoms with Crippen molar-refractivity contribution in [3.63, 3.8) is 0 Å². The zero-order valence-corrected chi connectivity index (χ0v) is 14.0. The summed E-state index contributed by atoms with van der Waals surface area (Å²) >= 11 is 19.3. The van der Waals surface area contributed by atoms with Crippen LogP contribution in [0.25, 0.3) is 0 Å². The third kappa shape index (κ3) is 2.63. The predicted octanol–water partition coefficient (Wildman–Crippen LogP) is 4.24. The van der Waals surface area contributed by atoms with Gasteiger partial charge in [-0.3, -0.25) is 9.79 Å². The fourth-order valence-electron chi connectivity index (χ4n) is 2.13. The van der Waals surface area contributed by atoms with Gasteiger partial charge in [-0.2, -0.15) is 0 Å². The van der Waals surface area contributed by atoms with E-state index in [4.69, 9.17) is 34.8 Å². The van der Waals surface area contributed by atoms with E-state index in [0.717, 1.165) is 24.0 Å². The Hall–Kier alpha value is -0.880. The predicted molar refractivity (Wildman–Crippen MR) is 89.4 cm³/mol. The highest BCUT2D eigenvalue weighted by Gasteiger charge is 2.33. The van der Waals surface area contributed by atoms with Gasteiger partial charge in [0.05, 0.1) is 32.2 Å². The second-order valence-electron chi connectivity index (χ2n) is 4.51. The van der Waals surface area contributed by atoms with E-state index < -0.39 is 0 Å². The van der Waals surface area contributed by atoms with E-state index in [1.807, 2.05) is 11.8 Å². The summed E-state index contributed by atoms with van der Waals surface area (Å²) in [7, 11) is 0. The number of hydrogen-bond acceptors (Lipinski definition) is 4. The molecule has 3 rings (SSSR count). The number of nitrogens with one attached hydrogen (secondary N) is 1. The number of nitrogens with zero attached hydrogens (tertiary/aromatic N) is 2. The molecule has 0 bridgehead atoms. The van der Waals surface area contributed by atoms with Crippen LogP contribution in [0.5, 0.6) is 0 Å². The molecule has 8 heteroatoms. The minimum atomic E-state index is -0.227. The molecule has 2 aliphatic rings. The first-order valence-electron chi connectivity index (χ1n) is 6.14. The van der Waals surface area contributed by atoms with Crippen LogP contribution in [0.4, 0.5) is 5.69 Å². The van der Waals surface area contributed by atoms with Crippen LogP contribution in [0.3, 0.4) is 0 Å². The molecule has 1 aromatic carbocycles. The summed E-state index contributed by atoms with van der Waals surface area (Å²) in [6.07, 6.45) is 0. The van der Waals surface area contributed by atoms with E-state index in [0.29, 0.717) is 15.6 Å². The molecular formula is C13H10Cl3N3OS. The second kappa shape index (κ2) is 5.72. The van der Waals surface area contributed by atoms with E-state index in [2.05, 4.69) is 10.3 Å². The summed E-state index contributed by atoms with van der Waals surface area (Å²) in [5, 5.41) is 4.45. The number of aliphatic imine (C=N–C) groups is 1. The normalized spacial score (nSPS) is 17.1. The Bertz CT molecular complexity index is 702. The van der Waals surface area contributed by atoms with Gasteiger partial charge in [-0.05, 0) is 30.8 Å². The van der Waals surface area contributed by atoms with Gasteiger partial charge in [-0.15, -0.1) is 0 Å². The van der Waals surface area contributed by atoms with E-state index in [-0.39, 0.29) is 16.0 Å². The number of fused-ring (bicyclic) bond motifs is 1. The SMILES string of the molecule is CC1=C(C(=O)Nc2ccc(Cl)c(Cl)c2Cl)SC2=NCCN21. The maximum absolute atomic E-state index is 12.4. The number of amidine groups is 1. The number of thioether (sulfide) groups is 1. The Morgan fingerprint density at radius 3 is 2.81 bits per heavy atom. The lowest BCUT2D eigenvalue weighted by atomic mass is 10.3. The molecule has 0 unspecified atom stereocenters. The molecule has 1 amide bonds. The maximum atomic E-state index is 12.4. The summed E-state index contributed by atoms with van der Waals surface area (Å²) in [5.41, 5.74) is 1.34. The van der Waals surface area contributed by atoms with Gasteiger partial charge in [0.2, 0.25) is 0 Å². The van der Waals surface area contributed by atoms with Gasteiger partial charge in [0.1, 0.15) is 0 Å². The van der Waals surface area contributed by atoms with Crippen LogP contribution in [0.1, 0.15) is 6.92 Å². The molecule has 0 aromatic heterocycles. The van der Waals surface area contributed by atoms with Crippen molar-refractivity contribution in [2.24, 2.45) is 4.99 Å². The first kappa shape index (κ1) is 15.0. The van der Waals surface area contributed by atoms with E-state index in [9.17, 15) is 4.79 Å². The number of anilines is 1. The Morgan fingerprint density at radius 2 is 2.10 bits per heavy atom. The quantitative estimate of drug-likeness (QED) is 0.801. The van der Waals surface area contributed by atoms with Gasteiger partial charge in [0.15, 0.2) is 5.17 Å². The number of carbonyl (C=O) groups is 1. The molecule has 2 aliphatic heterocycles. The monoisotopic (exact) mass is 361 g/mol. The molecule has 0 saturated carbocycles. The number of hydrogen-bond donors (Lipinski definition) is 1. The van der Waals surface area contributed by atoms with Crippen molar-refractivity contribution < 1.29 is 4.79 Å². The number of carbonyl (C=O) groups excluding carboxylic acids is 1.